The fourth-order valence-electron chi connectivity index (χ4n) is 2.37. The first-order valence-electron chi connectivity index (χ1n) is 7.66. The second kappa shape index (κ2) is 8.06. The number of carbonyl (C=O) groups is 1. The van der Waals surface area contributed by atoms with E-state index in [0.717, 1.165) is 5.56 Å². The lowest BCUT2D eigenvalue weighted by Crippen LogP contribution is -2.25. The molecule has 6 heteroatoms. The Hall–Kier alpha value is -2.21. The summed E-state index contributed by atoms with van der Waals surface area (Å²) in [5.74, 6) is -1.63. The zero-order valence-corrected chi connectivity index (χ0v) is 14.3. The Bertz CT molecular complexity index is 804. The largest absolute Gasteiger partial charge is 0.325 e. The van der Waals surface area contributed by atoms with Gasteiger partial charge in [-0.05, 0) is 49.1 Å². The van der Waals surface area contributed by atoms with Gasteiger partial charge >= 0.3 is 0 Å². The number of hydrogen-bond acceptors (Lipinski definition) is 3. The van der Waals surface area contributed by atoms with Crippen LogP contribution < -0.4 is 5.32 Å². The van der Waals surface area contributed by atoms with Crippen LogP contribution in [-0.4, -0.2) is 25.8 Å². The second-order valence-corrected chi connectivity index (χ2v) is 7.87. The molecule has 4 nitrogen and oxygen atoms in total. The molecule has 0 bridgehead atoms. The fourth-order valence-corrected chi connectivity index (χ4v) is 3.57. The summed E-state index contributed by atoms with van der Waals surface area (Å²) in [6.45, 7) is 1.65. The average Bonchev–Trinajstić information content (AvgIpc) is 2.50. The van der Waals surface area contributed by atoms with E-state index >= 15 is 0 Å². The summed E-state index contributed by atoms with van der Waals surface area (Å²) in [5.41, 5.74) is 2.03. The summed E-state index contributed by atoms with van der Waals surface area (Å²) in [4.78, 5) is 11.9. The maximum atomic E-state index is 13.0. The maximum absolute atomic E-state index is 13.0. The number of benzene rings is 2. The van der Waals surface area contributed by atoms with Crippen LogP contribution in [0.25, 0.3) is 0 Å². The molecule has 2 rings (SSSR count). The Morgan fingerprint density at radius 2 is 1.83 bits per heavy atom. The molecule has 0 aliphatic heterocycles. The van der Waals surface area contributed by atoms with Crippen LogP contribution in [0.2, 0.25) is 0 Å². The maximum Gasteiger partial charge on any atom is 0.239 e. The van der Waals surface area contributed by atoms with Gasteiger partial charge in [-0.3, -0.25) is 4.79 Å². The van der Waals surface area contributed by atoms with Crippen molar-refractivity contribution in [2.45, 2.75) is 19.8 Å². The van der Waals surface area contributed by atoms with Crippen molar-refractivity contribution in [2.24, 2.45) is 0 Å². The van der Waals surface area contributed by atoms with Crippen molar-refractivity contribution in [1.29, 1.82) is 0 Å². The van der Waals surface area contributed by atoms with Gasteiger partial charge in [-0.25, -0.2) is 12.8 Å². The van der Waals surface area contributed by atoms with E-state index in [1.54, 1.807) is 6.92 Å². The standard InChI is InChI=1S/C18H20FNO3S/c1-14-12-16(19)9-10-17(14)20-18(21)13-24(22,23)11-5-8-15-6-3-2-4-7-15/h2-4,6-7,9-10,12H,5,8,11,13H2,1H3,(H,20,21). The Morgan fingerprint density at radius 1 is 1.12 bits per heavy atom. The molecule has 0 saturated heterocycles. The Morgan fingerprint density at radius 3 is 2.50 bits per heavy atom. The fraction of sp³-hybridized carbons (Fsp3) is 0.278. The lowest BCUT2D eigenvalue weighted by atomic mass is 10.1. The van der Waals surface area contributed by atoms with Gasteiger partial charge in [-0.15, -0.1) is 0 Å². The number of hydrogen-bond donors (Lipinski definition) is 1. The normalized spacial score (nSPS) is 11.2. The first-order chi connectivity index (χ1) is 11.4. The summed E-state index contributed by atoms with van der Waals surface area (Å²) in [7, 11) is -3.48. The van der Waals surface area contributed by atoms with Crippen LogP contribution in [0.4, 0.5) is 10.1 Å². The molecule has 0 atom stereocenters. The zero-order chi connectivity index (χ0) is 17.6. The molecule has 1 N–H and O–H groups in total. The van der Waals surface area contributed by atoms with E-state index in [1.165, 1.54) is 18.2 Å². The predicted octanol–water partition coefficient (Wildman–Crippen LogP) is 3.12. The van der Waals surface area contributed by atoms with Gasteiger partial charge in [0.25, 0.3) is 0 Å². The molecule has 128 valence electrons. The smallest absolute Gasteiger partial charge is 0.239 e. The van der Waals surface area contributed by atoms with Gasteiger partial charge in [0.1, 0.15) is 11.6 Å². The topological polar surface area (TPSA) is 63.2 Å². The summed E-state index contributed by atoms with van der Waals surface area (Å²) in [6, 6.07) is 13.5. The molecule has 24 heavy (non-hydrogen) atoms. The summed E-state index contributed by atoms with van der Waals surface area (Å²) in [5, 5.41) is 2.52. The molecule has 2 aromatic carbocycles. The van der Waals surface area contributed by atoms with E-state index in [2.05, 4.69) is 5.32 Å². The molecular weight excluding hydrogens is 329 g/mol. The number of aryl methyl sites for hydroxylation is 2. The van der Waals surface area contributed by atoms with E-state index in [9.17, 15) is 17.6 Å². The van der Waals surface area contributed by atoms with Crippen molar-refractivity contribution in [2.75, 3.05) is 16.8 Å². The molecule has 0 aliphatic carbocycles. The van der Waals surface area contributed by atoms with Crippen LogP contribution in [0.3, 0.4) is 0 Å². The lowest BCUT2D eigenvalue weighted by Gasteiger charge is -2.09. The van der Waals surface area contributed by atoms with E-state index in [-0.39, 0.29) is 5.75 Å². The Labute approximate surface area is 141 Å². The third-order valence-corrected chi connectivity index (χ3v) is 5.19. The Kier molecular flexibility index (Phi) is 6.09. The predicted molar refractivity (Wildman–Crippen MR) is 93.2 cm³/mol. The molecule has 0 aliphatic rings. The summed E-state index contributed by atoms with van der Waals surface area (Å²) < 4.78 is 37.1. The van der Waals surface area contributed by atoms with Gasteiger partial charge < -0.3 is 5.32 Å². The number of anilines is 1. The minimum atomic E-state index is -3.48. The molecule has 0 unspecified atom stereocenters. The van der Waals surface area contributed by atoms with E-state index in [1.807, 2.05) is 30.3 Å². The number of carbonyl (C=O) groups excluding carboxylic acids is 1. The molecular formula is C18H20FNO3S. The number of sulfone groups is 1. The van der Waals surface area contributed by atoms with Crippen LogP contribution in [-0.2, 0) is 21.1 Å². The molecule has 0 spiro atoms. The van der Waals surface area contributed by atoms with Crippen molar-refractivity contribution < 1.29 is 17.6 Å². The highest BCUT2D eigenvalue weighted by Gasteiger charge is 2.17. The third-order valence-electron chi connectivity index (χ3n) is 3.58. The van der Waals surface area contributed by atoms with Crippen LogP contribution >= 0.6 is 0 Å². The highest BCUT2D eigenvalue weighted by atomic mass is 32.2. The van der Waals surface area contributed by atoms with E-state index in [4.69, 9.17) is 0 Å². The van der Waals surface area contributed by atoms with Crippen molar-refractivity contribution >= 4 is 21.4 Å². The van der Waals surface area contributed by atoms with Gasteiger partial charge in [0.05, 0.1) is 5.75 Å². The van der Waals surface area contributed by atoms with Gasteiger partial charge in [0.2, 0.25) is 5.91 Å². The van der Waals surface area contributed by atoms with Crippen molar-refractivity contribution in [3.05, 3.63) is 65.5 Å². The first-order valence-corrected chi connectivity index (χ1v) is 9.48. The average molecular weight is 349 g/mol. The summed E-state index contributed by atoms with van der Waals surface area (Å²) >= 11 is 0. The van der Waals surface area contributed by atoms with Crippen LogP contribution in [0.5, 0.6) is 0 Å². The minimum Gasteiger partial charge on any atom is -0.325 e. The van der Waals surface area contributed by atoms with Crippen molar-refractivity contribution in [3.63, 3.8) is 0 Å². The van der Waals surface area contributed by atoms with Crippen LogP contribution in [0.15, 0.2) is 48.5 Å². The van der Waals surface area contributed by atoms with Gasteiger partial charge in [0.15, 0.2) is 9.84 Å². The van der Waals surface area contributed by atoms with Crippen molar-refractivity contribution in [3.8, 4) is 0 Å². The van der Waals surface area contributed by atoms with Crippen LogP contribution in [0, 0.1) is 12.7 Å². The molecule has 1 amide bonds. The lowest BCUT2D eigenvalue weighted by molar-refractivity contribution is -0.113. The van der Waals surface area contributed by atoms with Gasteiger partial charge in [-0.2, -0.15) is 0 Å². The molecule has 0 fully saturated rings. The minimum absolute atomic E-state index is 0.0439. The van der Waals surface area contributed by atoms with Gasteiger partial charge in [-0.1, -0.05) is 30.3 Å². The van der Waals surface area contributed by atoms with Crippen molar-refractivity contribution in [1.82, 2.24) is 0 Å². The SMILES string of the molecule is Cc1cc(F)ccc1NC(=O)CS(=O)(=O)CCCc1ccccc1. The molecule has 2 aromatic rings. The number of amides is 1. The number of nitrogens with one attached hydrogen (secondary N) is 1. The zero-order valence-electron chi connectivity index (χ0n) is 13.5. The molecule has 0 radical (unpaired) electrons. The highest BCUT2D eigenvalue weighted by molar-refractivity contribution is 7.92. The van der Waals surface area contributed by atoms with Gasteiger partial charge in [0, 0.05) is 5.69 Å². The molecule has 0 heterocycles. The molecule has 0 saturated carbocycles. The highest BCUT2D eigenvalue weighted by Crippen LogP contribution is 2.15. The quantitative estimate of drug-likeness (QED) is 0.835. The van der Waals surface area contributed by atoms with E-state index < -0.39 is 27.3 Å². The number of halogens is 1. The summed E-state index contributed by atoms with van der Waals surface area (Å²) in [6.07, 6.45) is 1.12. The van der Waals surface area contributed by atoms with Crippen LogP contribution in [0.1, 0.15) is 17.5 Å². The van der Waals surface area contributed by atoms with E-state index in [0.29, 0.717) is 24.1 Å². The third kappa shape index (κ3) is 5.77. The monoisotopic (exact) mass is 349 g/mol. The Balaban J connectivity index is 1.85. The molecule has 0 aromatic heterocycles. The first kappa shape index (κ1) is 18.1. The second-order valence-electron chi connectivity index (χ2n) is 5.69. The number of rotatable bonds is 7.